The number of hydrogen-bond acceptors (Lipinski definition) is 3. The summed E-state index contributed by atoms with van der Waals surface area (Å²) in [4.78, 5) is 12.7. The minimum absolute atomic E-state index is 0. The van der Waals surface area contributed by atoms with Crippen LogP contribution >= 0.6 is 12.4 Å². The Bertz CT molecular complexity index is 360. The number of rotatable bonds is 6. The van der Waals surface area contributed by atoms with Gasteiger partial charge in [0.1, 0.15) is 11.6 Å². The number of hydrogen-bond donors (Lipinski definition) is 1. The summed E-state index contributed by atoms with van der Waals surface area (Å²) in [7, 11) is 1.70. The average Bonchev–Trinajstić information content (AvgIpc) is 2.35. The van der Waals surface area contributed by atoms with E-state index in [4.69, 9.17) is 10.5 Å². The molecule has 0 saturated carbocycles. The summed E-state index contributed by atoms with van der Waals surface area (Å²) >= 11 is 0. The van der Waals surface area contributed by atoms with Crippen LogP contribution in [-0.2, 0) is 4.79 Å². The number of carbonyl (C=O) groups is 1. The van der Waals surface area contributed by atoms with E-state index in [1.165, 1.54) is 12.1 Å². The van der Waals surface area contributed by atoms with E-state index in [-0.39, 0.29) is 30.7 Å². The lowest BCUT2D eigenvalue weighted by Gasteiger charge is -2.16. The smallest absolute Gasteiger partial charge is 0.236 e. The van der Waals surface area contributed by atoms with Crippen molar-refractivity contribution in [2.24, 2.45) is 5.73 Å². The van der Waals surface area contributed by atoms with Gasteiger partial charge in [-0.1, -0.05) is 0 Å². The first-order valence-corrected chi connectivity index (χ1v) is 5.46. The number of nitrogens with two attached hydrogens (primary N) is 1. The minimum atomic E-state index is -0.286. The van der Waals surface area contributed by atoms with Crippen molar-refractivity contribution < 1.29 is 13.9 Å². The normalized spacial score (nSPS) is 9.50. The molecule has 102 valence electrons. The zero-order valence-electron chi connectivity index (χ0n) is 10.3. The SMILES string of the molecule is CN(CCCOc1ccc(F)cc1)C(=O)CN.Cl. The summed E-state index contributed by atoms with van der Waals surface area (Å²) in [6.07, 6.45) is 0.708. The van der Waals surface area contributed by atoms with Gasteiger partial charge in [-0.2, -0.15) is 0 Å². The van der Waals surface area contributed by atoms with Crippen LogP contribution in [-0.4, -0.2) is 37.6 Å². The fourth-order valence-electron chi connectivity index (χ4n) is 1.30. The summed E-state index contributed by atoms with van der Waals surface area (Å²) in [6, 6.07) is 5.84. The summed E-state index contributed by atoms with van der Waals surface area (Å²) in [5, 5.41) is 0. The molecule has 1 aromatic rings. The molecule has 0 heterocycles. The number of nitrogens with zero attached hydrogens (tertiary/aromatic N) is 1. The molecule has 0 saturated heterocycles. The van der Waals surface area contributed by atoms with Crippen LogP contribution in [0.2, 0.25) is 0 Å². The maximum atomic E-state index is 12.6. The zero-order valence-corrected chi connectivity index (χ0v) is 11.1. The number of benzene rings is 1. The molecule has 1 amide bonds. The van der Waals surface area contributed by atoms with Crippen molar-refractivity contribution in [2.75, 3.05) is 26.7 Å². The molecule has 0 aliphatic heterocycles. The Kier molecular flexibility index (Phi) is 8.07. The van der Waals surface area contributed by atoms with Gasteiger partial charge < -0.3 is 15.4 Å². The molecule has 18 heavy (non-hydrogen) atoms. The van der Waals surface area contributed by atoms with Gasteiger partial charge in [-0.05, 0) is 30.7 Å². The predicted molar refractivity (Wildman–Crippen MR) is 70.5 cm³/mol. The third kappa shape index (κ3) is 5.84. The van der Waals surface area contributed by atoms with Crippen molar-refractivity contribution in [3.63, 3.8) is 0 Å². The van der Waals surface area contributed by atoms with Crippen molar-refractivity contribution in [3.8, 4) is 5.75 Å². The fourth-order valence-corrected chi connectivity index (χ4v) is 1.30. The lowest BCUT2D eigenvalue weighted by molar-refractivity contribution is -0.128. The third-order valence-electron chi connectivity index (χ3n) is 2.32. The van der Waals surface area contributed by atoms with Crippen LogP contribution < -0.4 is 10.5 Å². The quantitative estimate of drug-likeness (QED) is 0.800. The molecule has 0 radical (unpaired) electrons. The fraction of sp³-hybridized carbons (Fsp3) is 0.417. The highest BCUT2D eigenvalue weighted by Gasteiger charge is 2.04. The molecule has 0 aliphatic rings. The van der Waals surface area contributed by atoms with Crippen LogP contribution in [0, 0.1) is 5.82 Å². The first kappa shape index (κ1) is 16.7. The number of carbonyl (C=O) groups excluding carboxylic acids is 1. The molecular formula is C12H18ClFN2O2. The molecule has 2 N–H and O–H groups in total. The Hall–Kier alpha value is -1.33. The van der Waals surface area contributed by atoms with Crippen LogP contribution in [0.3, 0.4) is 0 Å². The Morgan fingerprint density at radius 1 is 1.39 bits per heavy atom. The molecule has 6 heteroatoms. The first-order valence-electron chi connectivity index (χ1n) is 5.46. The van der Waals surface area contributed by atoms with E-state index in [1.807, 2.05) is 0 Å². The van der Waals surface area contributed by atoms with E-state index < -0.39 is 0 Å². The van der Waals surface area contributed by atoms with E-state index in [2.05, 4.69) is 0 Å². The van der Waals surface area contributed by atoms with Gasteiger partial charge in [0, 0.05) is 13.6 Å². The minimum Gasteiger partial charge on any atom is -0.494 e. The number of likely N-dealkylation sites (N-methyl/N-ethyl adjacent to an activating group) is 1. The highest BCUT2D eigenvalue weighted by molar-refractivity contribution is 5.85. The number of ether oxygens (including phenoxy) is 1. The van der Waals surface area contributed by atoms with Gasteiger partial charge in [-0.25, -0.2) is 4.39 Å². The van der Waals surface area contributed by atoms with Crippen LogP contribution in [0.4, 0.5) is 4.39 Å². The molecule has 0 unspecified atom stereocenters. The Balaban J connectivity index is 0.00000289. The summed E-state index contributed by atoms with van der Waals surface area (Å²) in [5.41, 5.74) is 5.22. The Labute approximate surface area is 112 Å². The van der Waals surface area contributed by atoms with E-state index >= 15 is 0 Å². The highest BCUT2D eigenvalue weighted by Crippen LogP contribution is 2.11. The molecule has 4 nitrogen and oxygen atoms in total. The van der Waals surface area contributed by atoms with Crippen molar-refractivity contribution in [1.82, 2.24) is 4.90 Å². The molecule has 0 aliphatic carbocycles. The van der Waals surface area contributed by atoms with Crippen molar-refractivity contribution in [1.29, 1.82) is 0 Å². The number of amides is 1. The largest absolute Gasteiger partial charge is 0.494 e. The lowest BCUT2D eigenvalue weighted by atomic mass is 10.3. The zero-order chi connectivity index (χ0) is 12.7. The predicted octanol–water partition coefficient (Wildman–Crippen LogP) is 1.43. The molecule has 0 fully saturated rings. The van der Waals surface area contributed by atoms with Crippen LogP contribution in [0.5, 0.6) is 5.75 Å². The van der Waals surface area contributed by atoms with Crippen LogP contribution in [0.1, 0.15) is 6.42 Å². The molecule has 0 atom stereocenters. The van der Waals surface area contributed by atoms with Gasteiger partial charge in [0.25, 0.3) is 0 Å². The summed E-state index contributed by atoms with van der Waals surface area (Å²) < 4.78 is 18.0. The van der Waals surface area contributed by atoms with E-state index in [0.717, 1.165) is 0 Å². The maximum absolute atomic E-state index is 12.6. The molecule has 0 aromatic heterocycles. The average molecular weight is 277 g/mol. The van der Waals surface area contributed by atoms with Crippen molar-refractivity contribution in [2.45, 2.75) is 6.42 Å². The summed E-state index contributed by atoms with van der Waals surface area (Å²) in [5.74, 6) is 0.247. The summed E-state index contributed by atoms with van der Waals surface area (Å²) in [6.45, 7) is 1.10. The Morgan fingerprint density at radius 2 is 2.00 bits per heavy atom. The van der Waals surface area contributed by atoms with Gasteiger partial charge in [0.15, 0.2) is 0 Å². The second kappa shape index (κ2) is 8.72. The van der Waals surface area contributed by atoms with Gasteiger partial charge in [0.05, 0.1) is 13.2 Å². The molecule has 1 aromatic carbocycles. The maximum Gasteiger partial charge on any atom is 0.236 e. The monoisotopic (exact) mass is 276 g/mol. The first-order chi connectivity index (χ1) is 8.13. The second-order valence-corrected chi connectivity index (χ2v) is 3.68. The standard InChI is InChI=1S/C12H17FN2O2.ClH/c1-15(12(16)9-14)7-2-8-17-11-5-3-10(13)4-6-11;/h3-6H,2,7-9,14H2,1H3;1H. The van der Waals surface area contributed by atoms with E-state index in [1.54, 1.807) is 24.1 Å². The molecule has 0 bridgehead atoms. The van der Waals surface area contributed by atoms with Crippen LogP contribution in [0.15, 0.2) is 24.3 Å². The van der Waals surface area contributed by atoms with Gasteiger partial charge in [-0.3, -0.25) is 4.79 Å². The third-order valence-corrected chi connectivity index (χ3v) is 2.32. The van der Waals surface area contributed by atoms with Gasteiger partial charge in [-0.15, -0.1) is 12.4 Å². The second-order valence-electron chi connectivity index (χ2n) is 3.68. The van der Waals surface area contributed by atoms with Crippen molar-refractivity contribution in [3.05, 3.63) is 30.1 Å². The van der Waals surface area contributed by atoms with E-state index in [0.29, 0.717) is 25.3 Å². The van der Waals surface area contributed by atoms with Crippen LogP contribution in [0.25, 0.3) is 0 Å². The molecule has 0 spiro atoms. The van der Waals surface area contributed by atoms with Gasteiger partial charge >= 0.3 is 0 Å². The Morgan fingerprint density at radius 3 is 2.56 bits per heavy atom. The van der Waals surface area contributed by atoms with Gasteiger partial charge in [0.2, 0.25) is 5.91 Å². The number of halogens is 2. The van der Waals surface area contributed by atoms with Crippen molar-refractivity contribution >= 4 is 18.3 Å². The highest BCUT2D eigenvalue weighted by atomic mass is 35.5. The molecule has 1 rings (SSSR count). The molecular weight excluding hydrogens is 259 g/mol. The topological polar surface area (TPSA) is 55.6 Å². The van der Waals surface area contributed by atoms with E-state index in [9.17, 15) is 9.18 Å². The lowest BCUT2D eigenvalue weighted by Crippen LogP contribution is -2.33.